The summed E-state index contributed by atoms with van der Waals surface area (Å²) in [5, 5.41) is 12.9. The highest BCUT2D eigenvalue weighted by atomic mass is 16.3. The van der Waals surface area contributed by atoms with Crippen molar-refractivity contribution in [2.24, 2.45) is 5.92 Å². The molecule has 0 unspecified atom stereocenters. The number of carbonyl (C=O) groups excluding carboxylic acids is 1. The van der Waals surface area contributed by atoms with Crippen molar-refractivity contribution < 1.29 is 9.90 Å². The number of aliphatic hydroxyl groups is 1. The van der Waals surface area contributed by atoms with Gasteiger partial charge in [-0.15, -0.1) is 0 Å². The Morgan fingerprint density at radius 2 is 1.85 bits per heavy atom. The summed E-state index contributed by atoms with van der Waals surface area (Å²) in [6, 6.07) is 0.535. The molecular weight excluding hydrogens is 252 g/mol. The Hall–Kier alpha value is -0.610. The Labute approximate surface area is 122 Å². The van der Waals surface area contributed by atoms with E-state index < -0.39 is 5.54 Å². The van der Waals surface area contributed by atoms with Crippen molar-refractivity contribution >= 4 is 5.91 Å². The zero-order valence-electron chi connectivity index (χ0n) is 13.2. The number of nitrogens with one attached hydrogen (secondary N) is 1. The van der Waals surface area contributed by atoms with Gasteiger partial charge in [0, 0.05) is 18.5 Å². The van der Waals surface area contributed by atoms with Crippen LogP contribution in [0.15, 0.2) is 0 Å². The number of carbonyl (C=O) groups is 1. The summed E-state index contributed by atoms with van der Waals surface area (Å²) in [5.74, 6) is 0.331. The maximum atomic E-state index is 12.5. The van der Waals surface area contributed by atoms with Crippen molar-refractivity contribution in [3.63, 3.8) is 0 Å². The third-order valence-electron chi connectivity index (χ3n) is 5.45. The van der Waals surface area contributed by atoms with Gasteiger partial charge in [0.25, 0.3) is 0 Å². The van der Waals surface area contributed by atoms with Crippen LogP contribution in [0.5, 0.6) is 0 Å². The normalized spacial score (nSPS) is 28.2. The lowest BCUT2D eigenvalue weighted by atomic mass is 9.98. The molecule has 2 atom stereocenters. The SMILES string of the molecule is CN(C1CCCC1)C(C)(C)C(=O)NC[C@H]1CCC[C@H]1O. The predicted molar refractivity (Wildman–Crippen MR) is 80.5 cm³/mol. The molecule has 116 valence electrons. The van der Waals surface area contributed by atoms with Crippen LogP contribution in [-0.2, 0) is 4.79 Å². The van der Waals surface area contributed by atoms with E-state index in [1.165, 1.54) is 25.7 Å². The third-order valence-corrected chi connectivity index (χ3v) is 5.45. The van der Waals surface area contributed by atoms with Crippen molar-refractivity contribution in [2.75, 3.05) is 13.6 Å². The fourth-order valence-corrected chi connectivity index (χ4v) is 3.60. The monoisotopic (exact) mass is 282 g/mol. The summed E-state index contributed by atoms with van der Waals surface area (Å²) in [4.78, 5) is 14.7. The summed E-state index contributed by atoms with van der Waals surface area (Å²) >= 11 is 0. The number of aliphatic hydroxyl groups excluding tert-OH is 1. The standard InChI is InChI=1S/C16H30N2O2/c1-16(2,18(3)13-8-4-5-9-13)15(20)17-11-12-7-6-10-14(12)19/h12-14,19H,4-11H2,1-3H3,(H,17,20)/t12-,14-/m1/s1. The van der Waals surface area contributed by atoms with Gasteiger partial charge in [-0.2, -0.15) is 0 Å². The molecule has 4 nitrogen and oxygen atoms in total. The van der Waals surface area contributed by atoms with E-state index in [2.05, 4.69) is 17.3 Å². The Kier molecular flexibility index (Phi) is 5.08. The van der Waals surface area contributed by atoms with Gasteiger partial charge in [-0.05, 0) is 46.6 Å². The average molecular weight is 282 g/mol. The summed E-state index contributed by atoms with van der Waals surface area (Å²) in [6.07, 6.45) is 7.72. The van der Waals surface area contributed by atoms with Crippen molar-refractivity contribution in [2.45, 2.75) is 76.5 Å². The molecule has 0 spiro atoms. The van der Waals surface area contributed by atoms with Crippen molar-refractivity contribution in [1.82, 2.24) is 10.2 Å². The topological polar surface area (TPSA) is 52.6 Å². The number of hydrogen-bond donors (Lipinski definition) is 2. The molecule has 2 saturated carbocycles. The fourth-order valence-electron chi connectivity index (χ4n) is 3.60. The second-order valence-electron chi connectivity index (χ2n) is 7.08. The Morgan fingerprint density at radius 1 is 1.20 bits per heavy atom. The maximum Gasteiger partial charge on any atom is 0.239 e. The lowest BCUT2D eigenvalue weighted by molar-refractivity contribution is -0.132. The zero-order valence-corrected chi connectivity index (χ0v) is 13.2. The molecule has 0 aromatic heterocycles. The minimum atomic E-state index is -0.474. The van der Waals surface area contributed by atoms with E-state index in [0.717, 1.165) is 19.3 Å². The summed E-state index contributed by atoms with van der Waals surface area (Å²) < 4.78 is 0. The van der Waals surface area contributed by atoms with Crippen LogP contribution in [0.1, 0.15) is 58.8 Å². The van der Waals surface area contributed by atoms with Gasteiger partial charge in [-0.1, -0.05) is 19.3 Å². The van der Waals surface area contributed by atoms with Gasteiger partial charge in [0.1, 0.15) is 0 Å². The Balaban J connectivity index is 1.85. The van der Waals surface area contributed by atoms with Crippen molar-refractivity contribution in [3.05, 3.63) is 0 Å². The molecule has 2 N–H and O–H groups in total. The zero-order chi connectivity index (χ0) is 14.8. The Morgan fingerprint density at radius 3 is 2.40 bits per heavy atom. The Bertz CT molecular complexity index is 337. The van der Waals surface area contributed by atoms with Crippen LogP contribution in [-0.4, -0.2) is 47.2 Å². The lowest BCUT2D eigenvalue weighted by Gasteiger charge is -2.38. The number of hydrogen-bond acceptors (Lipinski definition) is 3. The van der Waals surface area contributed by atoms with Crippen LogP contribution in [0.2, 0.25) is 0 Å². The van der Waals surface area contributed by atoms with Gasteiger partial charge in [0.2, 0.25) is 5.91 Å². The second kappa shape index (κ2) is 6.44. The van der Waals surface area contributed by atoms with Crippen molar-refractivity contribution in [1.29, 1.82) is 0 Å². The van der Waals surface area contributed by atoms with E-state index in [9.17, 15) is 9.90 Å². The highest BCUT2D eigenvalue weighted by Gasteiger charge is 2.37. The largest absolute Gasteiger partial charge is 0.393 e. The summed E-state index contributed by atoms with van der Waals surface area (Å²) in [6.45, 7) is 4.62. The van der Waals surface area contributed by atoms with Crippen LogP contribution < -0.4 is 5.32 Å². The molecule has 0 aliphatic heterocycles. The van der Waals surface area contributed by atoms with Crippen LogP contribution in [0.25, 0.3) is 0 Å². The van der Waals surface area contributed by atoms with E-state index in [0.29, 0.717) is 12.6 Å². The summed E-state index contributed by atoms with van der Waals surface area (Å²) in [5.41, 5.74) is -0.474. The molecule has 0 aromatic carbocycles. The molecule has 0 bridgehead atoms. The van der Waals surface area contributed by atoms with Crippen LogP contribution in [0.3, 0.4) is 0 Å². The molecule has 0 saturated heterocycles. The maximum absolute atomic E-state index is 12.5. The van der Waals surface area contributed by atoms with Gasteiger partial charge in [-0.25, -0.2) is 0 Å². The van der Waals surface area contributed by atoms with Gasteiger partial charge in [-0.3, -0.25) is 9.69 Å². The first kappa shape index (κ1) is 15.8. The number of nitrogens with zero attached hydrogens (tertiary/aromatic N) is 1. The van der Waals surface area contributed by atoms with E-state index in [-0.39, 0.29) is 17.9 Å². The molecule has 4 heteroatoms. The van der Waals surface area contributed by atoms with Crippen LogP contribution in [0, 0.1) is 5.92 Å². The van der Waals surface area contributed by atoms with Crippen LogP contribution >= 0.6 is 0 Å². The van der Waals surface area contributed by atoms with E-state index in [1.807, 2.05) is 13.8 Å². The first-order valence-electron chi connectivity index (χ1n) is 8.12. The molecule has 20 heavy (non-hydrogen) atoms. The van der Waals surface area contributed by atoms with E-state index >= 15 is 0 Å². The molecule has 2 aliphatic carbocycles. The van der Waals surface area contributed by atoms with E-state index in [4.69, 9.17) is 0 Å². The van der Waals surface area contributed by atoms with Gasteiger partial charge in [0.15, 0.2) is 0 Å². The summed E-state index contributed by atoms with van der Waals surface area (Å²) in [7, 11) is 2.07. The number of amides is 1. The molecule has 2 fully saturated rings. The molecule has 0 aromatic rings. The molecular formula is C16H30N2O2. The fraction of sp³-hybridized carbons (Fsp3) is 0.938. The minimum absolute atomic E-state index is 0.0889. The smallest absolute Gasteiger partial charge is 0.239 e. The highest BCUT2D eigenvalue weighted by Crippen LogP contribution is 2.28. The predicted octanol–water partition coefficient (Wildman–Crippen LogP) is 1.92. The molecule has 0 heterocycles. The van der Waals surface area contributed by atoms with Crippen molar-refractivity contribution in [3.8, 4) is 0 Å². The van der Waals surface area contributed by atoms with Gasteiger partial charge < -0.3 is 10.4 Å². The quantitative estimate of drug-likeness (QED) is 0.810. The molecule has 1 amide bonds. The van der Waals surface area contributed by atoms with Gasteiger partial charge in [0.05, 0.1) is 11.6 Å². The number of likely N-dealkylation sites (N-methyl/N-ethyl adjacent to an activating group) is 1. The third kappa shape index (κ3) is 3.34. The number of rotatable bonds is 5. The molecule has 0 radical (unpaired) electrons. The lowest BCUT2D eigenvalue weighted by Crippen LogP contribution is -2.56. The van der Waals surface area contributed by atoms with Crippen LogP contribution in [0.4, 0.5) is 0 Å². The van der Waals surface area contributed by atoms with Gasteiger partial charge >= 0.3 is 0 Å². The minimum Gasteiger partial charge on any atom is -0.393 e. The first-order valence-corrected chi connectivity index (χ1v) is 8.12. The average Bonchev–Trinajstić information content (AvgIpc) is 3.06. The van der Waals surface area contributed by atoms with E-state index in [1.54, 1.807) is 0 Å². The second-order valence-corrected chi connectivity index (χ2v) is 7.08. The molecule has 2 rings (SSSR count). The highest BCUT2D eigenvalue weighted by molar-refractivity contribution is 5.85. The molecule has 2 aliphatic rings. The first-order chi connectivity index (χ1) is 9.43.